The van der Waals surface area contributed by atoms with Crippen molar-refractivity contribution in [2.45, 2.75) is 27.0 Å². The van der Waals surface area contributed by atoms with Crippen LogP contribution in [0.1, 0.15) is 32.6 Å². The van der Waals surface area contributed by atoms with Gasteiger partial charge in [-0.05, 0) is 43.2 Å². The molecule has 0 aliphatic carbocycles. The van der Waals surface area contributed by atoms with Crippen LogP contribution in [0.2, 0.25) is 0 Å². The zero-order valence-corrected chi connectivity index (χ0v) is 18.9. The Morgan fingerprint density at radius 3 is 2.57 bits per heavy atom. The van der Waals surface area contributed by atoms with Crippen molar-refractivity contribution in [1.29, 1.82) is 0 Å². The van der Waals surface area contributed by atoms with Crippen LogP contribution in [0.5, 0.6) is 5.75 Å². The Kier molecular flexibility index (Phi) is 6.86. The van der Waals surface area contributed by atoms with Crippen molar-refractivity contribution in [3.8, 4) is 5.75 Å². The normalized spacial score (nSPS) is 10.9. The molecule has 0 bridgehead atoms. The standard InChI is InChI=1S/C26H21F4N3O2/c1-15-6-7-23(16(2)8-15)35-14-17-4-3-5-18(9-17)26(34)32-19-11-31-33(12-19)13-20-21(27)10-22(28)25(30)24(20)29/h3-12H,13-14H2,1-2H3,(H,32,34). The first kappa shape index (κ1) is 24.0. The van der Waals surface area contributed by atoms with Gasteiger partial charge < -0.3 is 10.1 Å². The van der Waals surface area contributed by atoms with E-state index < -0.39 is 41.3 Å². The molecule has 0 saturated heterocycles. The summed E-state index contributed by atoms with van der Waals surface area (Å²) in [4.78, 5) is 12.7. The Bertz CT molecular complexity index is 1400. The van der Waals surface area contributed by atoms with Crippen molar-refractivity contribution in [3.63, 3.8) is 0 Å². The molecule has 1 aromatic heterocycles. The second kappa shape index (κ2) is 10.0. The summed E-state index contributed by atoms with van der Waals surface area (Å²) >= 11 is 0. The predicted molar refractivity (Wildman–Crippen MR) is 122 cm³/mol. The Hall–Kier alpha value is -4.14. The fraction of sp³-hybridized carbons (Fsp3) is 0.154. The number of carbonyl (C=O) groups is 1. The van der Waals surface area contributed by atoms with Crippen LogP contribution in [0.4, 0.5) is 23.2 Å². The average molecular weight is 483 g/mol. The zero-order chi connectivity index (χ0) is 25.1. The summed E-state index contributed by atoms with van der Waals surface area (Å²) in [5, 5.41) is 6.57. The van der Waals surface area contributed by atoms with E-state index in [2.05, 4.69) is 10.4 Å². The first-order valence-corrected chi connectivity index (χ1v) is 10.7. The van der Waals surface area contributed by atoms with Gasteiger partial charge in [0.1, 0.15) is 18.2 Å². The second-order valence-corrected chi connectivity index (χ2v) is 8.09. The summed E-state index contributed by atoms with van der Waals surface area (Å²) in [5.41, 5.74) is 2.89. The first-order chi connectivity index (χ1) is 16.7. The number of halogens is 4. The van der Waals surface area contributed by atoms with Gasteiger partial charge in [-0.1, -0.05) is 29.8 Å². The van der Waals surface area contributed by atoms with Crippen LogP contribution in [-0.4, -0.2) is 15.7 Å². The highest BCUT2D eigenvalue weighted by atomic mass is 19.2. The molecule has 0 unspecified atom stereocenters. The van der Waals surface area contributed by atoms with Crippen LogP contribution in [0.15, 0.2) is 60.9 Å². The van der Waals surface area contributed by atoms with Gasteiger partial charge in [-0.25, -0.2) is 17.6 Å². The van der Waals surface area contributed by atoms with E-state index in [9.17, 15) is 22.4 Å². The molecule has 4 aromatic rings. The number of ether oxygens (including phenoxy) is 1. The van der Waals surface area contributed by atoms with Crippen LogP contribution in [0, 0.1) is 37.1 Å². The number of anilines is 1. The summed E-state index contributed by atoms with van der Waals surface area (Å²) in [6, 6.07) is 13.0. The largest absolute Gasteiger partial charge is 0.489 e. The van der Waals surface area contributed by atoms with E-state index in [0.29, 0.717) is 5.56 Å². The number of amides is 1. The van der Waals surface area contributed by atoms with Crippen molar-refractivity contribution in [3.05, 3.63) is 112 Å². The van der Waals surface area contributed by atoms with Gasteiger partial charge in [0.15, 0.2) is 17.5 Å². The molecule has 1 N–H and O–H groups in total. The third-order valence-electron chi connectivity index (χ3n) is 5.33. The summed E-state index contributed by atoms with van der Waals surface area (Å²) in [6.07, 6.45) is 2.60. The van der Waals surface area contributed by atoms with E-state index in [1.54, 1.807) is 18.2 Å². The van der Waals surface area contributed by atoms with Crippen LogP contribution in [0.25, 0.3) is 0 Å². The van der Waals surface area contributed by atoms with Crippen LogP contribution < -0.4 is 10.1 Å². The maximum Gasteiger partial charge on any atom is 0.255 e. The fourth-order valence-electron chi connectivity index (χ4n) is 3.55. The molecule has 4 rings (SSSR count). The number of nitrogens with zero attached hydrogens (tertiary/aromatic N) is 2. The molecule has 9 heteroatoms. The van der Waals surface area contributed by atoms with Crippen LogP contribution in [-0.2, 0) is 13.2 Å². The van der Waals surface area contributed by atoms with Crippen molar-refractivity contribution in [1.82, 2.24) is 9.78 Å². The lowest BCUT2D eigenvalue weighted by molar-refractivity contribution is 0.102. The number of nitrogens with one attached hydrogen (secondary N) is 1. The molecule has 1 amide bonds. The molecule has 0 fully saturated rings. The Balaban J connectivity index is 1.41. The van der Waals surface area contributed by atoms with Gasteiger partial charge in [0.2, 0.25) is 0 Å². The lowest BCUT2D eigenvalue weighted by atomic mass is 10.1. The molecule has 0 aliphatic heterocycles. The maximum atomic E-state index is 13.9. The minimum absolute atomic E-state index is 0.260. The second-order valence-electron chi connectivity index (χ2n) is 8.09. The summed E-state index contributed by atoms with van der Waals surface area (Å²) in [5.74, 6) is -5.90. The summed E-state index contributed by atoms with van der Waals surface area (Å²) in [7, 11) is 0. The number of hydrogen-bond donors (Lipinski definition) is 1. The van der Waals surface area contributed by atoms with Crippen LogP contribution in [0.3, 0.4) is 0 Å². The average Bonchev–Trinajstić information content (AvgIpc) is 3.27. The number of benzene rings is 3. The van der Waals surface area contributed by atoms with E-state index in [1.807, 2.05) is 38.1 Å². The molecule has 0 atom stereocenters. The number of aromatic nitrogens is 2. The topological polar surface area (TPSA) is 56.1 Å². The van der Waals surface area contributed by atoms with Gasteiger partial charge in [0.25, 0.3) is 5.91 Å². The minimum atomic E-state index is -1.76. The smallest absolute Gasteiger partial charge is 0.255 e. The van der Waals surface area contributed by atoms with Crippen molar-refractivity contribution < 1.29 is 27.1 Å². The molecular formula is C26H21F4N3O2. The van der Waals surface area contributed by atoms with Gasteiger partial charge in [0.05, 0.1) is 18.4 Å². The molecule has 0 saturated carbocycles. The number of aryl methyl sites for hydroxylation is 2. The minimum Gasteiger partial charge on any atom is -0.489 e. The van der Waals surface area contributed by atoms with E-state index in [1.165, 1.54) is 12.4 Å². The van der Waals surface area contributed by atoms with Crippen molar-refractivity contribution in [2.75, 3.05) is 5.32 Å². The molecule has 1 heterocycles. The highest BCUT2D eigenvalue weighted by Crippen LogP contribution is 2.22. The predicted octanol–water partition coefficient (Wildman–Crippen LogP) is 5.94. The Morgan fingerprint density at radius 1 is 1.00 bits per heavy atom. The lowest BCUT2D eigenvalue weighted by Gasteiger charge is -2.11. The maximum absolute atomic E-state index is 13.9. The van der Waals surface area contributed by atoms with Gasteiger partial charge in [-0.2, -0.15) is 5.10 Å². The van der Waals surface area contributed by atoms with Gasteiger partial charge >= 0.3 is 0 Å². The highest BCUT2D eigenvalue weighted by Gasteiger charge is 2.19. The van der Waals surface area contributed by atoms with Crippen molar-refractivity contribution >= 4 is 11.6 Å². The molecule has 0 aliphatic rings. The van der Waals surface area contributed by atoms with Crippen LogP contribution >= 0.6 is 0 Å². The van der Waals surface area contributed by atoms with E-state index >= 15 is 0 Å². The van der Waals surface area contributed by atoms with Gasteiger partial charge in [0, 0.05) is 23.4 Å². The molecule has 0 spiro atoms. The third kappa shape index (κ3) is 5.51. The summed E-state index contributed by atoms with van der Waals surface area (Å²) < 4.78 is 61.4. The van der Waals surface area contributed by atoms with Gasteiger partial charge in [-0.3, -0.25) is 9.48 Å². The Morgan fingerprint density at radius 2 is 1.80 bits per heavy atom. The molecule has 3 aromatic carbocycles. The number of hydrogen-bond acceptors (Lipinski definition) is 3. The monoisotopic (exact) mass is 483 g/mol. The number of carbonyl (C=O) groups excluding carboxylic acids is 1. The zero-order valence-electron chi connectivity index (χ0n) is 18.9. The lowest BCUT2D eigenvalue weighted by Crippen LogP contribution is -2.12. The first-order valence-electron chi connectivity index (χ1n) is 10.7. The molecule has 5 nitrogen and oxygen atoms in total. The molecule has 0 radical (unpaired) electrons. The Labute approximate surface area is 199 Å². The van der Waals surface area contributed by atoms with Gasteiger partial charge in [-0.15, -0.1) is 0 Å². The highest BCUT2D eigenvalue weighted by molar-refractivity contribution is 6.04. The van der Waals surface area contributed by atoms with E-state index in [-0.39, 0.29) is 18.4 Å². The third-order valence-corrected chi connectivity index (χ3v) is 5.33. The van der Waals surface area contributed by atoms with E-state index in [0.717, 1.165) is 27.1 Å². The molecule has 180 valence electrons. The van der Waals surface area contributed by atoms with E-state index in [4.69, 9.17) is 4.74 Å². The quantitative estimate of drug-likeness (QED) is 0.201. The molecular weight excluding hydrogens is 462 g/mol. The SMILES string of the molecule is Cc1ccc(OCc2cccc(C(=O)Nc3cnn(Cc4c(F)cc(F)c(F)c4F)c3)c2)c(C)c1. The molecule has 35 heavy (non-hydrogen) atoms. The van der Waals surface area contributed by atoms with Crippen molar-refractivity contribution in [2.24, 2.45) is 0 Å². The number of rotatable bonds is 7. The summed E-state index contributed by atoms with van der Waals surface area (Å²) in [6.45, 7) is 3.74. The fourth-order valence-corrected chi connectivity index (χ4v) is 3.55.